The lowest BCUT2D eigenvalue weighted by Gasteiger charge is -2.37. The molecule has 1 aliphatic heterocycles. The summed E-state index contributed by atoms with van der Waals surface area (Å²) in [5, 5.41) is 0. The van der Waals surface area contributed by atoms with Crippen molar-refractivity contribution in [1.29, 1.82) is 0 Å². The Hall–Kier alpha value is -2.12. The summed E-state index contributed by atoms with van der Waals surface area (Å²) in [6, 6.07) is 8.09. The molecule has 2 unspecified atom stereocenters. The number of amides is 1. The molecule has 26 heavy (non-hydrogen) atoms. The van der Waals surface area contributed by atoms with Crippen molar-refractivity contribution in [1.82, 2.24) is 8.87 Å². The van der Waals surface area contributed by atoms with Gasteiger partial charge in [-0.3, -0.25) is 4.79 Å². The van der Waals surface area contributed by atoms with Gasteiger partial charge in [-0.1, -0.05) is 17.7 Å². The molecule has 2 atom stereocenters. The average Bonchev–Trinajstić information content (AvgIpc) is 3.12. The van der Waals surface area contributed by atoms with E-state index in [4.69, 9.17) is 5.73 Å². The summed E-state index contributed by atoms with van der Waals surface area (Å²) in [5.41, 5.74) is 7.40. The Morgan fingerprint density at radius 2 is 1.88 bits per heavy atom. The number of aromatic nitrogens is 1. The maximum atomic E-state index is 12.9. The van der Waals surface area contributed by atoms with E-state index in [1.54, 1.807) is 35.2 Å². The van der Waals surface area contributed by atoms with Crippen LogP contribution in [0.15, 0.2) is 47.6 Å². The van der Waals surface area contributed by atoms with Gasteiger partial charge in [0.15, 0.2) is 0 Å². The molecule has 3 rings (SSSR count). The quantitative estimate of drug-likeness (QED) is 0.889. The largest absolute Gasteiger partial charge is 0.334 e. The fraction of sp³-hybridized carbons (Fsp3) is 0.421. The van der Waals surface area contributed by atoms with Crippen molar-refractivity contribution in [3.05, 3.63) is 53.9 Å². The van der Waals surface area contributed by atoms with E-state index in [0.29, 0.717) is 12.1 Å². The van der Waals surface area contributed by atoms with E-state index in [1.165, 1.54) is 12.4 Å². The van der Waals surface area contributed by atoms with Crippen LogP contribution in [0.5, 0.6) is 0 Å². The predicted octanol–water partition coefficient (Wildman–Crippen LogP) is 2.38. The highest BCUT2D eigenvalue weighted by Crippen LogP contribution is 2.23. The number of nitrogens with zero attached hydrogens (tertiary/aromatic N) is 2. The van der Waals surface area contributed by atoms with Gasteiger partial charge in [0.25, 0.3) is 15.9 Å². The van der Waals surface area contributed by atoms with E-state index in [-0.39, 0.29) is 22.9 Å². The van der Waals surface area contributed by atoms with E-state index >= 15 is 0 Å². The van der Waals surface area contributed by atoms with Crippen molar-refractivity contribution in [2.75, 3.05) is 6.54 Å². The highest BCUT2D eigenvalue weighted by Gasteiger charge is 2.30. The normalized spacial score (nSPS) is 19.3. The van der Waals surface area contributed by atoms with Crippen LogP contribution in [0.3, 0.4) is 0 Å². The summed E-state index contributed by atoms with van der Waals surface area (Å²) in [6.45, 7) is 4.46. The van der Waals surface area contributed by atoms with E-state index in [2.05, 4.69) is 0 Å². The van der Waals surface area contributed by atoms with Crippen molar-refractivity contribution in [3.8, 4) is 0 Å². The fourth-order valence-electron chi connectivity index (χ4n) is 3.41. The van der Waals surface area contributed by atoms with Gasteiger partial charge in [-0.25, -0.2) is 12.4 Å². The number of aryl methyl sites for hydroxylation is 1. The van der Waals surface area contributed by atoms with E-state index in [1.807, 2.05) is 13.8 Å². The van der Waals surface area contributed by atoms with Gasteiger partial charge in [0.1, 0.15) is 0 Å². The zero-order valence-electron chi connectivity index (χ0n) is 15.1. The van der Waals surface area contributed by atoms with E-state index < -0.39 is 10.0 Å². The van der Waals surface area contributed by atoms with Crippen LogP contribution in [0.4, 0.5) is 0 Å². The zero-order chi connectivity index (χ0) is 18.9. The number of nitrogens with two attached hydrogens (primary N) is 1. The van der Waals surface area contributed by atoms with Crippen LogP contribution in [0, 0.1) is 6.92 Å². The van der Waals surface area contributed by atoms with Crippen LogP contribution in [-0.2, 0) is 10.0 Å². The highest BCUT2D eigenvalue weighted by molar-refractivity contribution is 7.90. The SMILES string of the molecule is Cc1ccc(S(=O)(=O)n2ccc(C(=O)N3CCCCC3C(C)N)c2)cc1. The monoisotopic (exact) mass is 375 g/mol. The second-order valence-electron chi connectivity index (χ2n) is 6.97. The molecule has 0 radical (unpaired) electrons. The third-order valence-electron chi connectivity index (χ3n) is 4.93. The molecule has 0 bridgehead atoms. The average molecular weight is 375 g/mol. The number of carbonyl (C=O) groups excluding carboxylic acids is 1. The topological polar surface area (TPSA) is 85.4 Å². The molecule has 2 heterocycles. The molecule has 1 aromatic heterocycles. The standard InChI is InChI=1S/C19H25N3O3S/c1-14-6-8-17(9-7-14)26(24,25)21-12-10-16(13-21)19(23)22-11-4-3-5-18(22)15(2)20/h6-10,12-13,15,18H,3-5,11,20H2,1-2H3. The minimum atomic E-state index is -3.71. The first kappa shape index (κ1) is 18.7. The van der Waals surface area contributed by atoms with Gasteiger partial charge in [0.2, 0.25) is 0 Å². The maximum absolute atomic E-state index is 12.9. The lowest BCUT2D eigenvalue weighted by molar-refractivity contribution is 0.0584. The number of rotatable bonds is 4. The molecule has 2 N–H and O–H groups in total. The number of hydrogen-bond donors (Lipinski definition) is 1. The van der Waals surface area contributed by atoms with Crippen LogP contribution < -0.4 is 5.73 Å². The first-order valence-electron chi connectivity index (χ1n) is 8.87. The Bertz CT molecular complexity index is 885. The van der Waals surface area contributed by atoms with Crippen LogP contribution in [0.2, 0.25) is 0 Å². The van der Waals surface area contributed by atoms with Crippen molar-refractivity contribution in [2.24, 2.45) is 5.73 Å². The van der Waals surface area contributed by atoms with E-state index in [0.717, 1.165) is 28.8 Å². The van der Waals surface area contributed by atoms with E-state index in [9.17, 15) is 13.2 Å². The van der Waals surface area contributed by atoms with Crippen LogP contribution in [0.1, 0.15) is 42.1 Å². The Morgan fingerprint density at radius 3 is 2.54 bits per heavy atom. The smallest absolute Gasteiger partial charge is 0.267 e. The number of piperidine rings is 1. The summed E-state index contributed by atoms with van der Waals surface area (Å²) in [4.78, 5) is 14.9. The number of hydrogen-bond acceptors (Lipinski definition) is 4. The van der Waals surface area contributed by atoms with Crippen LogP contribution in [-0.4, -0.2) is 41.8 Å². The van der Waals surface area contributed by atoms with Gasteiger partial charge in [-0.2, -0.15) is 0 Å². The van der Waals surface area contributed by atoms with Gasteiger partial charge >= 0.3 is 0 Å². The highest BCUT2D eigenvalue weighted by atomic mass is 32.2. The molecule has 2 aromatic rings. The summed E-state index contributed by atoms with van der Waals surface area (Å²) in [7, 11) is -3.71. The maximum Gasteiger partial charge on any atom is 0.267 e. The number of likely N-dealkylation sites (tertiary alicyclic amines) is 1. The zero-order valence-corrected chi connectivity index (χ0v) is 15.9. The molecule has 1 aliphatic rings. The van der Waals surface area contributed by atoms with Crippen LogP contribution >= 0.6 is 0 Å². The molecular weight excluding hydrogens is 350 g/mol. The first-order chi connectivity index (χ1) is 12.3. The molecule has 1 amide bonds. The third kappa shape index (κ3) is 3.54. The minimum Gasteiger partial charge on any atom is -0.334 e. The molecule has 1 fully saturated rings. The number of benzene rings is 1. The van der Waals surface area contributed by atoms with Gasteiger partial charge in [-0.05, 0) is 51.3 Å². The Kier molecular flexibility index (Phi) is 5.20. The lowest BCUT2D eigenvalue weighted by Crippen LogP contribution is -2.51. The fourth-order valence-corrected chi connectivity index (χ4v) is 4.60. The summed E-state index contributed by atoms with van der Waals surface area (Å²) >= 11 is 0. The molecule has 140 valence electrons. The van der Waals surface area contributed by atoms with Gasteiger partial charge in [0.05, 0.1) is 10.5 Å². The molecule has 0 spiro atoms. The predicted molar refractivity (Wildman–Crippen MR) is 101 cm³/mol. The van der Waals surface area contributed by atoms with Crippen molar-refractivity contribution in [3.63, 3.8) is 0 Å². The Labute approximate surface area is 154 Å². The summed E-state index contributed by atoms with van der Waals surface area (Å²) in [5.74, 6) is -0.162. The van der Waals surface area contributed by atoms with Gasteiger partial charge in [-0.15, -0.1) is 0 Å². The van der Waals surface area contributed by atoms with Gasteiger partial charge in [0, 0.05) is 31.0 Å². The summed E-state index contributed by atoms with van der Waals surface area (Å²) in [6.07, 6.45) is 5.69. The van der Waals surface area contributed by atoms with Gasteiger partial charge < -0.3 is 10.6 Å². The second-order valence-corrected chi connectivity index (χ2v) is 8.81. The molecule has 1 saturated heterocycles. The summed E-state index contributed by atoms with van der Waals surface area (Å²) < 4.78 is 26.6. The Balaban J connectivity index is 1.87. The molecular formula is C19H25N3O3S. The van der Waals surface area contributed by atoms with Crippen molar-refractivity contribution in [2.45, 2.75) is 50.1 Å². The molecule has 0 aliphatic carbocycles. The van der Waals surface area contributed by atoms with Crippen molar-refractivity contribution >= 4 is 15.9 Å². The minimum absolute atomic E-state index is 0.00620. The van der Waals surface area contributed by atoms with Crippen LogP contribution in [0.25, 0.3) is 0 Å². The first-order valence-corrected chi connectivity index (χ1v) is 10.3. The second kappa shape index (κ2) is 7.25. The Morgan fingerprint density at radius 1 is 1.19 bits per heavy atom. The molecule has 0 saturated carbocycles. The number of carbonyl (C=O) groups is 1. The third-order valence-corrected chi connectivity index (χ3v) is 6.58. The van der Waals surface area contributed by atoms with Crippen molar-refractivity contribution < 1.29 is 13.2 Å². The molecule has 6 nitrogen and oxygen atoms in total. The lowest BCUT2D eigenvalue weighted by atomic mass is 9.96. The molecule has 7 heteroatoms. The molecule has 1 aromatic carbocycles.